The molecule has 0 unspecified atom stereocenters. The van der Waals surface area contributed by atoms with Crippen LogP contribution in [-0.2, 0) is 16.1 Å². The van der Waals surface area contributed by atoms with Crippen LogP contribution in [0, 0.1) is 0 Å². The summed E-state index contributed by atoms with van der Waals surface area (Å²) in [4.78, 5) is 27.8. The summed E-state index contributed by atoms with van der Waals surface area (Å²) in [5.41, 5.74) is 1.96. The lowest BCUT2D eigenvalue weighted by atomic mass is 10.0. The van der Waals surface area contributed by atoms with E-state index < -0.39 is 6.04 Å². The van der Waals surface area contributed by atoms with Crippen molar-refractivity contribution in [1.82, 2.24) is 0 Å². The number of carbonyl (C=O) groups is 2. The van der Waals surface area contributed by atoms with Gasteiger partial charge < -0.3 is 10.1 Å². The largest absolute Gasteiger partial charge is 0.497 e. The first kappa shape index (κ1) is 19.0. The molecule has 0 fully saturated rings. The molecule has 2 amide bonds. The number of nitrogens with one attached hydrogen (secondary N) is 1. The van der Waals surface area contributed by atoms with Crippen molar-refractivity contribution in [2.24, 2.45) is 0 Å². The molecule has 0 saturated carbocycles. The highest BCUT2D eigenvalue weighted by molar-refractivity contribution is 6.30. The van der Waals surface area contributed by atoms with E-state index in [1.165, 1.54) is 4.90 Å². The van der Waals surface area contributed by atoms with Gasteiger partial charge in [-0.15, -0.1) is 0 Å². The summed E-state index contributed by atoms with van der Waals surface area (Å²) in [5.74, 6) is 0.212. The van der Waals surface area contributed by atoms with Crippen LogP contribution in [0.2, 0.25) is 5.02 Å². The molecule has 1 aliphatic heterocycles. The Hall–Kier alpha value is -3.38. The SMILES string of the molecule is COc1ccc(NC(=O)[C@H]2c3cccc[n+]3CC(=O)N2c2ccc(Cl)cc2)cc1. The minimum Gasteiger partial charge on any atom is -0.497 e. The maximum Gasteiger partial charge on any atom is 0.294 e. The quantitative estimate of drug-likeness (QED) is 0.673. The van der Waals surface area contributed by atoms with E-state index in [-0.39, 0.29) is 18.4 Å². The summed E-state index contributed by atoms with van der Waals surface area (Å²) in [6.45, 7) is 0.158. The molecule has 0 spiro atoms. The molecule has 0 saturated heterocycles. The van der Waals surface area contributed by atoms with Crippen molar-refractivity contribution >= 4 is 34.8 Å². The topological polar surface area (TPSA) is 62.5 Å². The number of nitrogens with zero attached hydrogens (tertiary/aromatic N) is 2. The van der Waals surface area contributed by atoms with Gasteiger partial charge in [0.15, 0.2) is 6.20 Å². The number of rotatable bonds is 4. The maximum absolute atomic E-state index is 13.3. The van der Waals surface area contributed by atoms with Crippen LogP contribution in [0.15, 0.2) is 72.9 Å². The molecule has 1 N–H and O–H groups in total. The van der Waals surface area contributed by atoms with E-state index in [1.54, 1.807) is 66.4 Å². The van der Waals surface area contributed by atoms with Crippen LogP contribution < -0.4 is 19.5 Å². The van der Waals surface area contributed by atoms with Crippen molar-refractivity contribution in [2.45, 2.75) is 12.6 Å². The Morgan fingerprint density at radius 3 is 2.52 bits per heavy atom. The number of pyridine rings is 1. The zero-order chi connectivity index (χ0) is 20.4. The second kappa shape index (κ2) is 7.93. The molecule has 1 aliphatic rings. The minimum atomic E-state index is -0.819. The molecule has 146 valence electrons. The first-order valence-corrected chi connectivity index (χ1v) is 9.45. The van der Waals surface area contributed by atoms with Crippen molar-refractivity contribution in [3.63, 3.8) is 0 Å². The Morgan fingerprint density at radius 1 is 1.10 bits per heavy atom. The third-order valence-electron chi connectivity index (χ3n) is 4.80. The van der Waals surface area contributed by atoms with Gasteiger partial charge in [-0.3, -0.25) is 14.5 Å². The molecule has 6 nitrogen and oxygen atoms in total. The summed E-state index contributed by atoms with van der Waals surface area (Å²) in [5, 5.41) is 3.47. The zero-order valence-electron chi connectivity index (χ0n) is 15.7. The lowest BCUT2D eigenvalue weighted by Gasteiger charge is -2.32. The van der Waals surface area contributed by atoms with E-state index in [1.807, 2.05) is 18.2 Å². The fourth-order valence-corrected chi connectivity index (χ4v) is 3.54. The second-order valence-corrected chi connectivity index (χ2v) is 7.05. The third-order valence-corrected chi connectivity index (χ3v) is 5.05. The van der Waals surface area contributed by atoms with E-state index in [4.69, 9.17) is 16.3 Å². The number of benzene rings is 2. The first-order chi connectivity index (χ1) is 14.1. The number of anilines is 2. The summed E-state index contributed by atoms with van der Waals surface area (Å²) in [6, 6.07) is 18.7. The van der Waals surface area contributed by atoms with Crippen LogP contribution in [0.25, 0.3) is 0 Å². The monoisotopic (exact) mass is 408 g/mol. The molecule has 2 aromatic carbocycles. The number of halogens is 1. The van der Waals surface area contributed by atoms with Crippen molar-refractivity contribution < 1.29 is 18.9 Å². The molecule has 0 radical (unpaired) electrons. The van der Waals surface area contributed by atoms with Gasteiger partial charge in [-0.05, 0) is 48.5 Å². The van der Waals surface area contributed by atoms with Gasteiger partial charge in [0, 0.05) is 28.5 Å². The van der Waals surface area contributed by atoms with Gasteiger partial charge in [-0.25, -0.2) is 0 Å². The van der Waals surface area contributed by atoms with Gasteiger partial charge in [-0.2, -0.15) is 4.57 Å². The summed E-state index contributed by atoms with van der Waals surface area (Å²) in [6.07, 6.45) is 1.81. The fraction of sp³-hybridized carbons (Fsp3) is 0.136. The number of methoxy groups -OCH3 is 1. The van der Waals surface area contributed by atoms with Crippen molar-refractivity contribution in [2.75, 3.05) is 17.3 Å². The molecule has 1 aromatic heterocycles. The van der Waals surface area contributed by atoms with Gasteiger partial charge in [0.2, 0.25) is 18.3 Å². The molecule has 7 heteroatoms. The second-order valence-electron chi connectivity index (χ2n) is 6.61. The number of fused-ring (bicyclic) bond motifs is 1. The normalized spacial score (nSPS) is 15.6. The highest BCUT2D eigenvalue weighted by Crippen LogP contribution is 2.31. The number of carbonyl (C=O) groups excluding carboxylic acids is 2. The number of hydrogen-bond donors (Lipinski definition) is 1. The predicted octanol–water partition coefficient (Wildman–Crippen LogP) is 3.36. The Morgan fingerprint density at radius 2 is 1.83 bits per heavy atom. The summed E-state index contributed by atoms with van der Waals surface area (Å²) < 4.78 is 6.95. The predicted molar refractivity (Wildman–Crippen MR) is 110 cm³/mol. The van der Waals surface area contributed by atoms with E-state index in [2.05, 4.69) is 5.32 Å². The highest BCUT2D eigenvalue weighted by atomic mass is 35.5. The van der Waals surface area contributed by atoms with Crippen LogP contribution in [0.5, 0.6) is 5.75 Å². The molecular weight excluding hydrogens is 390 g/mol. The van der Waals surface area contributed by atoms with Crippen LogP contribution in [0.3, 0.4) is 0 Å². The molecule has 3 aromatic rings. The zero-order valence-corrected chi connectivity index (χ0v) is 16.5. The van der Waals surface area contributed by atoms with Crippen LogP contribution >= 0.6 is 11.6 Å². The molecule has 0 bridgehead atoms. The molecule has 29 heavy (non-hydrogen) atoms. The summed E-state index contributed by atoms with van der Waals surface area (Å²) >= 11 is 6.00. The Balaban J connectivity index is 1.73. The minimum absolute atomic E-state index is 0.158. The molecule has 1 atom stereocenters. The van der Waals surface area contributed by atoms with E-state index in [9.17, 15) is 9.59 Å². The first-order valence-electron chi connectivity index (χ1n) is 9.08. The van der Waals surface area contributed by atoms with Gasteiger partial charge in [0.05, 0.1) is 7.11 Å². The number of amides is 2. The van der Waals surface area contributed by atoms with Gasteiger partial charge in [0.1, 0.15) is 5.75 Å². The Labute approximate surface area is 173 Å². The third kappa shape index (κ3) is 3.79. The lowest BCUT2D eigenvalue weighted by molar-refractivity contribution is -0.695. The molecule has 2 heterocycles. The van der Waals surface area contributed by atoms with Crippen LogP contribution in [-0.4, -0.2) is 18.9 Å². The molecule has 4 rings (SSSR count). The Bertz CT molecular complexity index is 1050. The smallest absolute Gasteiger partial charge is 0.294 e. The van der Waals surface area contributed by atoms with Crippen LogP contribution in [0.4, 0.5) is 11.4 Å². The van der Waals surface area contributed by atoms with Crippen molar-refractivity contribution in [3.8, 4) is 5.75 Å². The molecule has 0 aliphatic carbocycles. The maximum atomic E-state index is 13.3. The standard InChI is InChI=1S/C22H18ClN3O3/c1-29-18-11-7-16(8-12-18)24-22(28)21-19-4-2-3-13-25(19)14-20(27)26(21)17-9-5-15(23)6-10-17/h2-13,21H,14H2,1H3/p+1/t21-/m1/s1. The summed E-state index contributed by atoms with van der Waals surface area (Å²) in [7, 11) is 1.58. The average Bonchev–Trinajstić information content (AvgIpc) is 2.74. The van der Waals surface area contributed by atoms with Gasteiger partial charge in [0.25, 0.3) is 11.8 Å². The lowest BCUT2D eigenvalue weighted by Crippen LogP contribution is -2.58. The Kier molecular flexibility index (Phi) is 5.18. The number of hydrogen-bond acceptors (Lipinski definition) is 3. The van der Waals surface area contributed by atoms with Gasteiger partial charge >= 0.3 is 0 Å². The van der Waals surface area contributed by atoms with E-state index >= 15 is 0 Å². The van der Waals surface area contributed by atoms with Gasteiger partial charge in [-0.1, -0.05) is 17.7 Å². The number of aromatic nitrogens is 1. The molecular formula is C22H19ClN3O3+. The van der Waals surface area contributed by atoms with E-state index in [0.29, 0.717) is 22.1 Å². The number of ether oxygens (including phenoxy) is 1. The van der Waals surface area contributed by atoms with Crippen molar-refractivity contribution in [1.29, 1.82) is 0 Å². The van der Waals surface area contributed by atoms with E-state index in [0.717, 1.165) is 5.69 Å². The van der Waals surface area contributed by atoms with Crippen molar-refractivity contribution in [3.05, 3.63) is 83.6 Å². The fourth-order valence-electron chi connectivity index (χ4n) is 3.41. The average molecular weight is 409 g/mol. The van der Waals surface area contributed by atoms with Crippen LogP contribution in [0.1, 0.15) is 11.7 Å². The highest BCUT2D eigenvalue weighted by Gasteiger charge is 2.43.